The monoisotopic (exact) mass is 324 g/mol. The average Bonchev–Trinajstić information content (AvgIpc) is 2.49. The van der Waals surface area contributed by atoms with Crippen molar-refractivity contribution in [2.75, 3.05) is 26.3 Å². The number of pyridine rings is 1. The minimum atomic E-state index is 0.643. The zero-order valence-electron chi connectivity index (χ0n) is 11.2. The number of nitrogens with zero attached hydrogens (tertiary/aromatic N) is 2. The first-order chi connectivity index (χ1) is 9.33. The molecule has 0 N–H and O–H groups in total. The molecule has 0 spiro atoms. The van der Waals surface area contributed by atoms with E-state index < -0.39 is 0 Å². The molecular formula is C15H21BrN2O. The molecule has 3 rings (SSSR count). The van der Waals surface area contributed by atoms with Gasteiger partial charge in [0.2, 0.25) is 0 Å². The summed E-state index contributed by atoms with van der Waals surface area (Å²) in [6.07, 6.45) is 6.82. The summed E-state index contributed by atoms with van der Waals surface area (Å²) in [5, 5.41) is 0. The highest BCUT2D eigenvalue weighted by molar-refractivity contribution is 9.10. The Morgan fingerprint density at radius 1 is 1.11 bits per heavy atom. The van der Waals surface area contributed by atoms with Crippen molar-refractivity contribution in [2.24, 2.45) is 0 Å². The fourth-order valence-corrected chi connectivity index (χ4v) is 3.47. The van der Waals surface area contributed by atoms with E-state index in [2.05, 4.69) is 37.9 Å². The first-order valence-electron chi connectivity index (χ1n) is 7.26. The van der Waals surface area contributed by atoms with E-state index in [1.54, 1.807) is 0 Å². The fraction of sp³-hybridized carbons (Fsp3) is 0.667. The standard InChI is InChI=1S/C15H21BrN2O/c16-13-1-2-15(17-11-13)12-3-7-18(8-4-12)14-5-9-19-10-6-14/h1-2,11-12,14H,3-10H2. The van der Waals surface area contributed by atoms with Gasteiger partial charge < -0.3 is 9.64 Å². The molecule has 0 aromatic carbocycles. The van der Waals surface area contributed by atoms with Gasteiger partial charge in [0, 0.05) is 41.5 Å². The molecule has 0 bridgehead atoms. The highest BCUT2D eigenvalue weighted by Crippen LogP contribution is 2.29. The molecule has 1 aromatic rings. The molecule has 0 atom stereocenters. The van der Waals surface area contributed by atoms with E-state index in [1.807, 2.05) is 6.20 Å². The third kappa shape index (κ3) is 3.36. The van der Waals surface area contributed by atoms with Gasteiger partial charge in [0.15, 0.2) is 0 Å². The summed E-state index contributed by atoms with van der Waals surface area (Å²) in [6, 6.07) is 5.03. The summed E-state index contributed by atoms with van der Waals surface area (Å²) in [5.74, 6) is 0.643. The number of hydrogen-bond donors (Lipinski definition) is 0. The van der Waals surface area contributed by atoms with Gasteiger partial charge in [-0.05, 0) is 66.8 Å². The van der Waals surface area contributed by atoms with E-state index in [0.717, 1.165) is 23.7 Å². The maximum atomic E-state index is 5.45. The Bertz CT molecular complexity index is 395. The highest BCUT2D eigenvalue weighted by atomic mass is 79.9. The Kier molecular flexibility index (Phi) is 4.51. The zero-order valence-corrected chi connectivity index (χ0v) is 12.8. The summed E-state index contributed by atoms with van der Waals surface area (Å²) in [4.78, 5) is 7.22. The van der Waals surface area contributed by atoms with E-state index in [9.17, 15) is 0 Å². The second kappa shape index (κ2) is 6.33. The Hall–Kier alpha value is -0.450. The second-order valence-corrected chi connectivity index (χ2v) is 6.47. The highest BCUT2D eigenvalue weighted by Gasteiger charge is 2.27. The Balaban J connectivity index is 1.55. The van der Waals surface area contributed by atoms with Crippen LogP contribution in [0.15, 0.2) is 22.8 Å². The van der Waals surface area contributed by atoms with Gasteiger partial charge in [-0.25, -0.2) is 0 Å². The predicted molar refractivity (Wildman–Crippen MR) is 79.3 cm³/mol. The molecular weight excluding hydrogens is 304 g/mol. The Morgan fingerprint density at radius 2 is 1.84 bits per heavy atom. The molecule has 2 fully saturated rings. The van der Waals surface area contributed by atoms with Crippen LogP contribution in [-0.4, -0.2) is 42.2 Å². The molecule has 0 saturated carbocycles. The molecule has 0 aliphatic carbocycles. The number of hydrogen-bond acceptors (Lipinski definition) is 3. The van der Waals surface area contributed by atoms with Gasteiger partial charge in [0.1, 0.15) is 0 Å². The molecule has 104 valence electrons. The van der Waals surface area contributed by atoms with Crippen LogP contribution >= 0.6 is 15.9 Å². The zero-order chi connectivity index (χ0) is 13.1. The molecule has 2 saturated heterocycles. The number of ether oxygens (including phenoxy) is 1. The normalized spacial score (nSPS) is 23.6. The van der Waals surface area contributed by atoms with Gasteiger partial charge in [-0.2, -0.15) is 0 Å². The topological polar surface area (TPSA) is 25.4 Å². The minimum Gasteiger partial charge on any atom is -0.381 e. The molecule has 3 heterocycles. The third-order valence-corrected chi connectivity index (χ3v) is 4.87. The first-order valence-corrected chi connectivity index (χ1v) is 8.05. The van der Waals surface area contributed by atoms with Crippen LogP contribution in [0, 0.1) is 0 Å². The SMILES string of the molecule is Brc1ccc(C2CCN(C3CCOCC3)CC2)nc1. The fourth-order valence-electron chi connectivity index (χ4n) is 3.24. The van der Waals surface area contributed by atoms with Crippen LogP contribution in [0.25, 0.3) is 0 Å². The van der Waals surface area contributed by atoms with Crippen molar-refractivity contribution in [3.63, 3.8) is 0 Å². The lowest BCUT2D eigenvalue weighted by Crippen LogP contribution is -2.43. The van der Waals surface area contributed by atoms with E-state index in [0.29, 0.717) is 5.92 Å². The van der Waals surface area contributed by atoms with Crippen LogP contribution in [0.5, 0.6) is 0 Å². The van der Waals surface area contributed by atoms with Gasteiger partial charge in [0.25, 0.3) is 0 Å². The van der Waals surface area contributed by atoms with Crippen molar-refractivity contribution in [3.8, 4) is 0 Å². The summed E-state index contributed by atoms with van der Waals surface area (Å²) >= 11 is 3.45. The van der Waals surface area contributed by atoms with Crippen LogP contribution in [-0.2, 0) is 4.74 Å². The molecule has 2 aliphatic heterocycles. The molecule has 1 aromatic heterocycles. The lowest BCUT2D eigenvalue weighted by atomic mass is 9.91. The molecule has 2 aliphatic rings. The van der Waals surface area contributed by atoms with Gasteiger partial charge in [-0.3, -0.25) is 4.98 Å². The van der Waals surface area contributed by atoms with Crippen LogP contribution in [0.3, 0.4) is 0 Å². The number of likely N-dealkylation sites (tertiary alicyclic amines) is 1. The smallest absolute Gasteiger partial charge is 0.0480 e. The van der Waals surface area contributed by atoms with Crippen molar-refractivity contribution in [1.29, 1.82) is 0 Å². The minimum absolute atomic E-state index is 0.643. The molecule has 0 unspecified atom stereocenters. The van der Waals surface area contributed by atoms with E-state index in [-0.39, 0.29) is 0 Å². The van der Waals surface area contributed by atoms with Crippen molar-refractivity contribution in [3.05, 3.63) is 28.5 Å². The van der Waals surface area contributed by atoms with Gasteiger partial charge in [-0.1, -0.05) is 0 Å². The molecule has 3 nitrogen and oxygen atoms in total. The van der Waals surface area contributed by atoms with Gasteiger partial charge in [-0.15, -0.1) is 0 Å². The number of piperidine rings is 1. The van der Waals surface area contributed by atoms with E-state index in [4.69, 9.17) is 4.74 Å². The number of aromatic nitrogens is 1. The van der Waals surface area contributed by atoms with Crippen LogP contribution in [0.2, 0.25) is 0 Å². The molecule has 19 heavy (non-hydrogen) atoms. The maximum Gasteiger partial charge on any atom is 0.0480 e. The summed E-state index contributed by atoms with van der Waals surface area (Å²) < 4.78 is 6.52. The van der Waals surface area contributed by atoms with E-state index in [1.165, 1.54) is 44.5 Å². The first kappa shape index (κ1) is 13.5. The quantitative estimate of drug-likeness (QED) is 0.835. The predicted octanol–water partition coefficient (Wildman–Crippen LogP) is 3.20. The molecule has 0 radical (unpaired) electrons. The van der Waals surface area contributed by atoms with Crippen LogP contribution in [0.4, 0.5) is 0 Å². The average molecular weight is 325 g/mol. The molecule has 4 heteroatoms. The summed E-state index contributed by atoms with van der Waals surface area (Å²) in [6.45, 7) is 4.32. The summed E-state index contributed by atoms with van der Waals surface area (Å²) in [5.41, 5.74) is 1.26. The summed E-state index contributed by atoms with van der Waals surface area (Å²) in [7, 11) is 0. The van der Waals surface area contributed by atoms with Crippen LogP contribution in [0.1, 0.15) is 37.3 Å². The lowest BCUT2D eigenvalue weighted by molar-refractivity contribution is 0.0250. The van der Waals surface area contributed by atoms with Crippen molar-refractivity contribution >= 4 is 15.9 Å². The van der Waals surface area contributed by atoms with Crippen LogP contribution < -0.4 is 0 Å². The lowest BCUT2D eigenvalue weighted by Gasteiger charge is -2.39. The van der Waals surface area contributed by atoms with Crippen molar-refractivity contribution < 1.29 is 4.74 Å². The molecule has 0 amide bonds. The Labute approximate surface area is 123 Å². The second-order valence-electron chi connectivity index (χ2n) is 5.56. The largest absolute Gasteiger partial charge is 0.381 e. The number of rotatable bonds is 2. The number of halogens is 1. The maximum absolute atomic E-state index is 5.45. The van der Waals surface area contributed by atoms with Crippen molar-refractivity contribution in [1.82, 2.24) is 9.88 Å². The van der Waals surface area contributed by atoms with Gasteiger partial charge in [0.05, 0.1) is 0 Å². The van der Waals surface area contributed by atoms with E-state index >= 15 is 0 Å². The van der Waals surface area contributed by atoms with Crippen molar-refractivity contribution in [2.45, 2.75) is 37.6 Å². The Morgan fingerprint density at radius 3 is 2.47 bits per heavy atom. The van der Waals surface area contributed by atoms with Gasteiger partial charge >= 0.3 is 0 Å². The third-order valence-electron chi connectivity index (χ3n) is 4.41.